The molecule has 2 aliphatic heterocycles. The van der Waals surface area contributed by atoms with Crippen LogP contribution in [0.25, 0.3) is 0 Å². The molecule has 160 valence electrons. The molecule has 1 saturated heterocycles. The van der Waals surface area contributed by atoms with Crippen LogP contribution in [0.15, 0.2) is 18.2 Å². The van der Waals surface area contributed by atoms with E-state index in [2.05, 4.69) is 8.47 Å². The number of amides is 2. The van der Waals surface area contributed by atoms with Gasteiger partial charge in [-0.3, -0.25) is 4.55 Å². The third-order valence-electron chi connectivity index (χ3n) is 4.00. The summed E-state index contributed by atoms with van der Waals surface area (Å²) in [6, 6.07) is -2.26. The number of nitrogens with zero attached hydrogens (tertiary/aromatic N) is 2. The van der Waals surface area contributed by atoms with Gasteiger partial charge in [-0.2, -0.15) is 35.1 Å². The molecule has 3 rings (SSSR count). The zero-order valence-electron chi connectivity index (χ0n) is 14.6. The molecule has 0 spiro atoms. The number of halogens is 3. The molecule has 0 radical (unpaired) electrons. The molecule has 0 saturated carbocycles. The Kier molecular flexibility index (Phi) is 6.41. The van der Waals surface area contributed by atoms with Crippen LogP contribution in [-0.2, 0) is 29.6 Å². The molecular weight excluding hydrogens is 476 g/mol. The number of rotatable bonds is 5. The Morgan fingerprint density at radius 2 is 1.80 bits per heavy atom. The maximum Gasteiger partial charge on any atom is 1.00 e. The number of aliphatic carboxylic acids is 1. The Bertz CT molecular complexity index is 1110. The summed E-state index contributed by atoms with van der Waals surface area (Å²) in [7, 11) is -11.3. The third kappa shape index (κ3) is 4.36. The van der Waals surface area contributed by atoms with Gasteiger partial charge in [0.2, 0.25) is 0 Å². The fraction of sp³-hybridized carbons (Fsp3) is 0.333. The van der Waals surface area contributed by atoms with Crippen LogP contribution in [0.4, 0.5) is 18.0 Å². The average molecular weight is 484 g/mol. The Balaban J connectivity index is 0.00000320. The standard InChI is InChI=1S/C12H9F3N2O10S2.Na/c13-12(14,15)28(21,22)26-5-1-2-6-7(3-5)8-4-16(9(6)10(18)19)11(20)17(8)27-29(23,24)25;/h1-3,8-9H,4H2,(H,18,19)(H,23,24,25);/q;+1/p-1/t8-,9+;/m0./s1. The van der Waals surface area contributed by atoms with E-state index < -0.39 is 62.4 Å². The minimum atomic E-state index is -6.06. The molecule has 2 atom stereocenters. The normalized spacial score (nSPS) is 21.1. The van der Waals surface area contributed by atoms with Gasteiger partial charge >= 0.3 is 61.6 Å². The quantitative estimate of drug-likeness (QED) is 0.189. The van der Waals surface area contributed by atoms with Gasteiger partial charge in [0.25, 0.3) is 0 Å². The summed E-state index contributed by atoms with van der Waals surface area (Å²) < 4.78 is 98.7. The van der Waals surface area contributed by atoms with Crippen LogP contribution in [0.2, 0.25) is 0 Å². The molecule has 1 aromatic carbocycles. The Hall–Kier alpha value is -1.63. The molecule has 2 aliphatic rings. The van der Waals surface area contributed by atoms with Gasteiger partial charge in [-0.25, -0.2) is 4.79 Å². The number of hydroxylamine groups is 2. The molecule has 2 heterocycles. The first kappa shape index (κ1) is 24.6. The molecule has 18 heteroatoms. The van der Waals surface area contributed by atoms with E-state index in [9.17, 15) is 44.7 Å². The zero-order valence-corrected chi connectivity index (χ0v) is 18.2. The van der Waals surface area contributed by atoms with Crippen molar-refractivity contribution in [3.8, 4) is 5.75 Å². The smallest absolute Gasteiger partial charge is 0.548 e. The SMILES string of the molecule is O=C([O-])[C@H]1c2ccc(OS(=O)(=O)C(F)(F)F)cc2[C@@H]2CN1C(=O)N2OS(=O)(=O)O.[Na+]. The first-order valence-corrected chi connectivity index (χ1v) is 10.0. The Morgan fingerprint density at radius 3 is 2.30 bits per heavy atom. The first-order chi connectivity index (χ1) is 13.1. The van der Waals surface area contributed by atoms with E-state index in [4.69, 9.17) is 4.55 Å². The fourth-order valence-electron chi connectivity index (χ4n) is 2.96. The van der Waals surface area contributed by atoms with E-state index in [0.717, 1.165) is 6.07 Å². The number of urea groups is 1. The number of alkyl halides is 3. The summed E-state index contributed by atoms with van der Waals surface area (Å²) in [5, 5.41) is 11.6. The van der Waals surface area contributed by atoms with E-state index in [0.29, 0.717) is 17.0 Å². The van der Waals surface area contributed by atoms with Crippen LogP contribution in [0.3, 0.4) is 0 Å². The molecule has 2 bridgehead atoms. The number of fused-ring (bicyclic) bond motifs is 4. The molecule has 0 aromatic heterocycles. The van der Waals surface area contributed by atoms with Gasteiger partial charge in [-0.15, -0.1) is 4.28 Å². The van der Waals surface area contributed by atoms with Crippen molar-refractivity contribution in [2.24, 2.45) is 0 Å². The molecule has 1 aromatic rings. The minimum Gasteiger partial charge on any atom is -0.548 e. The summed E-state index contributed by atoms with van der Waals surface area (Å²) >= 11 is 0. The number of benzene rings is 1. The number of carboxylic acids is 1. The van der Waals surface area contributed by atoms with Gasteiger partial charge in [0, 0.05) is 0 Å². The molecule has 12 nitrogen and oxygen atoms in total. The second-order valence-corrected chi connectivity index (χ2v) is 8.32. The van der Waals surface area contributed by atoms with Crippen molar-refractivity contribution in [3.05, 3.63) is 29.3 Å². The molecule has 0 aliphatic carbocycles. The van der Waals surface area contributed by atoms with Crippen LogP contribution < -0.4 is 38.8 Å². The van der Waals surface area contributed by atoms with Crippen molar-refractivity contribution >= 4 is 32.5 Å². The van der Waals surface area contributed by atoms with Gasteiger partial charge in [0.05, 0.1) is 18.6 Å². The van der Waals surface area contributed by atoms with Gasteiger partial charge in [0.15, 0.2) is 0 Å². The second kappa shape index (κ2) is 7.81. The maximum atomic E-state index is 12.5. The van der Waals surface area contributed by atoms with Crippen LogP contribution in [0, 0.1) is 0 Å². The Morgan fingerprint density at radius 1 is 1.20 bits per heavy atom. The first-order valence-electron chi connectivity index (χ1n) is 7.24. The fourth-order valence-corrected chi connectivity index (χ4v) is 3.78. The average Bonchev–Trinajstić information content (AvgIpc) is 2.79. The largest absolute Gasteiger partial charge is 1.00 e. The van der Waals surface area contributed by atoms with Crippen molar-refractivity contribution < 1.29 is 87.3 Å². The van der Waals surface area contributed by atoms with Crippen LogP contribution in [0.5, 0.6) is 5.75 Å². The third-order valence-corrected chi connectivity index (χ3v) is 5.33. The van der Waals surface area contributed by atoms with Gasteiger partial charge in [0.1, 0.15) is 11.8 Å². The maximum absolute atomic E-state index is 12.5. The van der Waals surface area contributed by atoms with Crippen molar-refractivity contribution in [3.63, 3.8) is 0 Å². The van der Waals surface area contributed by atoms with Crippen molar-refractivity contribution in [2.75, 3.05) is 6.54 Å². The van der Waals surface area contributed by atoms with Crippen LogP contribution in [-0.4, -0.2) is 55.4 Å². The molecule has 0 unspecified atom stereocenters. The second-order valence-electron chi connectivity index (χ2n) is 5.77. The number of carboxylic acid groups (broad SMARTS) is 1. The van der Waals surface area contributed by atoms with Gasteiger partial charge in [-0.05, 0) is 23.3 Å². The molecule has 1 N–H and O–H groups in total. The van der Waals surface area contributed by atoms with Crippen LogP contribution >= 0.6 is 0 Å². The Labute approximate surface area is 188 Å². The van der Waals surface area contributed by atoms with Crippen molar-refractivity contribution in [1.29, 1.82) is 0 Å². The van der Waals surface area contributed by atoms with E-state index in [-0.39, 0.29) is 45.7 Å². The van der Waals surface area contributed by atoms with Crippen LogP contribution in [0.1, 0.15) is 23.2 Å². The van der Waals surface area contributed by atoms with E-state index in [1.165, 1.54) is 0 Å². The van der Waals surface area contributed by atoms with Gasteiger partial charge < -0.3 is 19.0 Å². The number of hydrogen-bond donors (Lipinski definition) is 1. The van der Waals surface area contributed by atoms with Crippen molar-refractivity contribution in [2.45, 2.75) is 17.6 Å². The predicted octanol–water partition coefficient (Wildman–Crippen LogP) is -3.76. The summed E-state index contributed by atoms with van der Waals surface area (Å²) in [6.45, 7) is -0.518. The molecule has 30 heavy (non-hydrogen) atoms. The summed E-state index contributed by atoms with van der Waals surface area (Å²) in [5.41, 5.74) is -6.26. The molecule has 2 amide bonds. The predicted molar refractivity (Wildman–Crippen MR) is 79.1 cm³/mol. The van der Waals surface area contributed by atoms with E-state index >= 15 is 0 Å². The number of hydrogen-bond acceptors (Lipinski definition) is 9. The zero-order chi connectivity index (χ0) is 21.9. The number of carbonyl (C=O) groups is 2. The van der Waals surface area contributed by atoms with Gasteiger partial charge in [-0.1, -0.05) is 6.07 Å². The van der Waals surface area contributed by atoms with Crippen molar-refractivity contribution in [1.82, 2.24) is 9.96 Å². The minimum absolute atomic E-state index is 0. The summed E-state index contributed by atoms with van der Waals surface area (Å²) in [4.78, 5) is 24.4. The molecule has 1 fully saturated rings. The monoisotopic (exact) mass is 484 g/mol. The molecular formula is C12H8F3N2NaO10S2. The number of carbonyl (C=O) groups excluding carboxylic acids is 2. The summed E-state index contributed by atoms with van der Waals surface area (Å²) in [6.07, 6.45) is 0. The topological polar surface area (TPSA) is 171 Å². The van der Waals surface area contributed by atoms with E-state index in [1.807, 2.05) is 0 Å². The van der Waals surface area contributed by atoms with E-state index in [1.54, 1.807) is 0 Å². The summed E-state index contributed by atoms with van der Waals surface area (Å²) in [5.74, 6) is -2.71.